The minimum atomic E-state index is -0.554. The summed E-state index contributed by atoms with van der Waals surface area (Å²) in [5.41, 5.74) is 5.15. The van der Waals surface area contributed by atoms with Crippen molar-refractivity contribution in [1.29, 1.82) is 0 Å². The van der Waals surface area contributed by atoms with Crippen molar-refractivity contribution in [2.75, 3.05) is 18.1 Å². The number of nitrogens with one attached hydrogen (secondary N) is 2. The molecule has 3 rings (SSSR count). The van der Waals surface area contributed by atoms with Gasteiger partial charge >= 0.3 is 5.91 Å². The summed E-state index contributed by atoms with van der Waals surface area (Å²) in [5, 5.41) is 0. The lowest BCUT2D eigenvalue weighted by Gasteiger charge is -2.29. The Bertz CT molecular complexity index is 757. The second-order valence-electron chi connectivity index (χ2n) is 5.03. The van der Waals surface area contributed by atoms with Gasteiger partial charge in [0, 0.05) is 13.0 Å². The molecule has 1 aromatic carbocycles. The van der Waals surface area contributed by atoms with Crippen LogP contribution in [0.15, 0.2) is 47.1 Å². The molecule has 2 aromatic rings. The lowest BCUT2D eigenvalue weighted by molar-refractivity contribution is -0.122. The van der Waals surface area contributed by atoms with E-state index in [9.17, 15) is 14.4 Å². The Morgan fingerprint density at radius 1 is 1.12 bits per heavy atom. The number of hydrazine groups is 1. The maximum atomic E-state index is 12.0. The van der Waals surface area contributed by atoms with Crippen molar-refractivity contribution in [3.63, 3.8) is 0 Å². The molecule has 3 amide bonds. The van der Waals surface area contributed by atoms with Gasteiger partial charge in [0.15, 0.2) is 12.4 Å². The highest BCUT2D eigenvalue weighted by molar-refractivity contribution is 5.98. The standard InChI is InChI=1S/C16H15N3O5/c20-14(17-18-16(22)13-6-3-9-23-13)7-8-19-11-4-1-2-5-12(11)24-10-15(19)21/h1-6,9H,7-8,10H2,(H,17,20)(H,18,22). The molecule has 1 aromatic heterocycles. The number of carbonyl (C=O) groups excluding carboxylic acids is 3. The van der Waals surface area contributed by atoms with Crippen molar-refractivity contribution in [2.45, 2.75) is 6.42 Å². The summed E-state index contributed by atoms with van der Waals surface area (Å²) in [5.74, 6) is -0.509. The highest BCUT2D eigenvalue weighted by atomic mass is 16.5. The lowest BCUT2D eigenvalue weighted by Crippen LogP contribution is -2.44. The number of carbonyl (C=O) groups is 3. The van der Waals surface area contributed by atoms with Crippen molar-refractivity contribution < 1.29 is 23.5 Å². The van der Waals surface area contributed by atoms with E-state index in [-0.39, 0.29) is 31.2 Å². The highest BCUT2D eigenvalue weighted by Crippen LogP contribution is 2.31. The SMILES string of the molecule is O=C(CCN1C(=O)COc2ccccc21)NNC(=O)c1ccco1. The monoisotopic (exact) mass is 329 g/mol. The van der Waals surface area contributed by atoms with Crippen LogP contribution in [0.2, 0.25) is 0 Å². The first-order valence-corrected chi connectivity index (χ1v) is 7.30. The van der Waals surface area contributed by atoms with Gasteiger partial charge in [-0.1, -0.05) is 12.1 Å². The first-order chi connectivity index (χ1) is 11.6. The molecule has 1 aliphatic rings. The van der Waals surface area contributed by atoms with E-state index in [0.29, 0.717) is 11.4 Å². The highest BCUT2D eigenvalue weighted by Gasteiger charge is 2.25. The van der Waals surface area contributed by atoms with E-state index >= 15 is 0 Å². The zero-order valence-electron chi connectivity index (χ0n) is 12.7. The van der Waals surface area contributed by atoms with Crippen LogP contribution in [0.3, 0.4) is 0 Å². The van der Waals surface area contributed by atoms with Crippen LogP contribution in [0.25, 0.3) is 0 Å². The summed E-state index contributed by atoms with van der Waals surface area (Å²) in [7, 11) is 0. The van der Waals surface area contributed by atoms with E-state index in [1.54, 1.807) is 24.3 Å². The fourth-order valence-electron chi connectivity index (χ4n) is 2.27. The number of rotatable bonds is 4. The molecule has 0 bridgehead atoms. The summed E-state index contributed by atoms with van der Waals surface area (Å²) >= 11 is 0. The van der Waals surface area contributed by atoms with Crippen molar-refractivity contribution in [3.05, 3.63) is 48.4 Å². The minimum Gasteiger partial charge on any atom is -0.482 e. The predicted molar refractivity (Wildman–Crippen MR) is 83.2 cm³/mol. The third-order valence-electron chi connectivity index (χ3n) is 3.43. The Kier molecular flexibility index (Phi) is 4.46. The third-order valence-corrected chi connectivity index (χ3v) is 3.43. The number of anilines is 1. The zero-order valence-corrected chi connectivity index (χ0v) is 12.7. The Morgan fingerprint density at radius 3 is 2.75 bits per heavy atom. The molecule has 0 aliphatic carbocycles. The number of ether oxygens (including phenoxy) is 1. The van der Waals surface area contributed by atoms with Gasteiger partial charge in [-0.15, -0.1) is 0 Å². The summed E-state index contributed by atoms with van der Waals surface area (Å²) in [4.78, 5) is 37.0. The van der Waals surface area contributed by atoms with E-state index in [1.165, 1.54) is 17.2 Å². The van der Waals surface area contributed by atoms with E-state index in [4.69, 9.17) is 9.15 Å². The van der Waals surface area contributed by atoms with E-state index in [1.807, 2.05) is 6.07 Å². The molecule has 124 valence electrons. The minimum absolute atomic E-state index is 0.0263. The first-order valence-electron chi connectivity index (χ1n) is 7.30. The first kappa shape index (κ1) is 15.6. The van der Waals surface area contributed by atoms with Crippen molar-refractivity contribution in [1.82, 2.24) is 10.9 Å². The normalized spacial score (nSPS) is 13.0. The number of hydrogen-bond donors (Lipinski definition) is 2. The molecular formula is C16H15N3O5. The van der Waals surface area contributed by atoms with Gasteiger partial charge in [-0.25, -0.2) is 0 Å². The predicted octanol–water partition coefficient (Wildman–Crippen LogP) is 0.856. The van der Waals surface area contributed by atoms with Crippen molar-refractivity contribution >= 4 is 23.4 Å². The number of hydrogen-bond acceptors (Lipinski definition) is 5. The van der Waals surface area contributed by atoms with E-state index < -0.39 is 11.8 Å². The molecule has 8 nitrogen and oxygen atoms in total. The third kappa shape index (κ3) is 3.37. The van der Waals surface area contributed by atoms with Gasteiger partial charge in [0.2, 0.25) is 5.91 Å². The molecule has 2 heterocycles. The number of furan rings is 1. The summed E-state index contributed by atoms with van der Waals surface area (Å²) in [6.45, 7) is 0.121. The second-order valence-corrected chi connectivity index (χ2v) is 5.03. The van der Waals surface area contributed by atoms with Crippen LogP contribution >= 0.6 is 0 Å². The maximum Gasteiger partial charge on any atom is 0.305 e. The van der Waals surface area contributed by atoms with E-state index in [2.05, 4.69) is 10.9 Å². The Hall–Kier alpha value is -3.29. The average Bonchev–Trinajstić information content (AvgIpc) is 3.13. The average molecular weight is 329 g/mol. The molecule has 0 saturated carbocycles. The quantitative estimate of drug-likeness (QED) is 0.810. The van der Waals surface area contributed by atoms with Crippen LogP contribution in [-0.2, 0) is 9.59 Å². The molecule has 0 atom stereocenters. The van der Waals surface area contributed by atoms with Crippen LogP contribution in [0.1, 0.15) is 17.0 Å². The van der Waals surface area contributed by atoms with Crippen LogP contribution in [0, 0.1) is 0 Å². The molecule has 2 N–H and O–H groups in total. The largest absolute Gasteiger partial charge is 0.482 e. The Morgan fingerprint density at radius 2 is 1.96 bits per heavy atom. The van der Waals surface area contributed by atoms with Gasteiger partial charge in [0.25, 0.3) is 5.91 Å². The number of benzene rings is 1. The van der Waals surface area contributed by atoms with Gasteiger partial charge in [-0.3, -0.25) is 25.2 Å². The smallest absolute Gasteiger partial charge is 0.305 e. The summed E-state index contributed by atoms with van der Waals surface area (Å²) < 4.78 is 10.2. The van der Waals surface area contributed by atoms with Crippen molar-refractivity contribution in [3.8, 4) is 5.75 Å². The Balaban J connectivity index is 1.53. The number of nitrogens with zero attached hydrogens (tertiary/aromatic N) is 1. The molecule has 1 aliphatic heterocycles. The van der Waals surface area contributed by atoms with Gasteiger partial charge in [-0.05, 0) is 24.3 Å². The fraction of sp³-hybridized carbons (Fsp3) is 0.188. The fourth-order valence-corrected chi connectivity index (χ4v) is 2.27. The van der Waals surface area contributed by atoms with Crippen LogP contribution < -0.4 is 20.5 Å². The Labute approximate surface area is 137 Å². The van der Waals surface area contributed by atoms with Crippen LogP contribution in [0.4, 0.5) is 5.69 Å². The van der Waals surface area contributed by atoms with Crippen LogP contribution in [0.5, 0.6) is 5.75 Å². The zero-order chi connectivity index (χ0) is 16.9. The van der Waals surface area contributed by atoms with Crippen molar-refractivity contribution in [2.24, 2.45) is 0 Å². The van der Waals surface area contributed by atoms with Gasteiger partial charge < -0.3 is 14.1 Å². The van der Waals surface area contributed by atoms with Crippen LogP contribution in [-0.4, -0.2) is 30.9 Å². The maximum absolute atomic E-state index is 12.0. The topological polar surface area (TPSA) is 101 Å². The van der Waals surface area contributed by atoms with Gasteiger partial charge in [0.1, 0.15) is 5.75 Å². The van der Waals surface area contributed by atoms with E-state index in [0.717, 1.165) is 0 Å². The van der Waals surface area contributed by atoms with Gasteiger partial charge in [0.05, 0.1) is 12.0 Å². The molecule has 0 spiro atoms. The second kappa shape index (κ2) is 6.86. The number of para-hydroxylation sites is 2. The number of fused-ring (bicyclic) bond motifs is 1. The molecule has 8 heteroatoms. The van der Waals surface area contributed by atoms with Gasteiger partial charge in [-0.2, -0.15) is 0 Å². The molecule has 0 saturated heterocycles. The lowest BCUT2D eigenvalue weighted by atomic mass is 10.2. The molecule has 24 heavy (non-hydrogen) atoms. The molecule has 0 unspecified atom stereocenters. The number of amides is 3. The molecular weight excluding hydrogens is 314 g/mol. The summed E-state index contributed by atoms with van der Waals surface area (Å²) in [6, 6.07) is 10.2. The molecule has 0 radical (unpaired) electrons. The molecule has 0 fully saturated rings. The summed E-state index contributed by atoms with van der Waals surface area (Å²) in [6.07, 6.45) is 1.39.